The third-order valence-corrected chi connectivity index (χ3v) is 2.90. The smallest absolute Gasteiger partial charge is 0.313 e. The van der Waals surface area contributed by atoms with Gasteiger partial charge in [-0.1, -0.05) is 6.07 Å². The molecule has 0 fully saturated rings. The number of methoxy groups -OCH3 is 1. The lowest BCUT2D eigenvalue weighted by Crippen LogP contribution is -2.40. The van der Waals surface area contributed by atoms with Gasteiger partial charge in [-0.15, -0.1) is 0 Å². The molecule has 18 heavy (non-hydrogen) atoms. The monoisotopic (exact) mass is 251 g/mol. The van der Waals surface area contributed by atoms with Crippen LogP contribution in [0.4, 0.5) is 5.69 Å². The fourth-order valence-corrected chi connectivity index (χ4v) is 1.89. The fraction of sp³-hybridized carbons (Fsp3) is 0.500. The van der Waals surface area contributed by atoms with Crippen molar-refractivity contribution >= 4 is 11.7 Å². The first-order valence-electron chi connectivity index (χ1n) is 6.03. The Balaban J connectivity index is 2.89. The lowest BCUT2D eigenvalue weighted by atomic mass is 9.92. The number of carbonyl (C=O) groups is 1. The van der Waals surface area contributed by atoms with Crippen molar-refractivity contribution in [3.63, 3.8) is 0 Å². The third-order valence-electron chi connectivity index (χ3n) is 2.90. The van der Waals surface area contributed by atoms with E-state index in [2.05, 4.69) is 0 Å². The average Bonchev–Trinajstić information content (AvgIpc) is 2.34. The molecule has 0 bridgehead atoms. The zero-order valence-corrected chi connectivity index (χ0v) is 11.4. The van der Waals surface area contributed by atoms with Gasteiger partial charge in [0.15, 0.2) is 0 Å². The van der Waals surface area contributed by atoms with Gasteiger partial charge in [0.2, 0.25) is 0 Å². The largest absolute Gasteiger partial charge is 0.508 e. The number of hydrogen-bond donors (Lipinski definition) is 1. The molecule has 1 N–H and O–H groups in total. The summed E-state index contributed by atoms with van der Waals surface area (Å²) in [5.41, 5.74) is 0.311. The molecule has 4 nitrogen and oxygen atoms in total. The normalized spacial score (nSPS) is 11.1. The molecule has 0 saturated heterocycles. The standard InChI is InChI=1S/C14H21NO3/c1-5-15(10-14(2,3)13(17)18-4)11-7-6-8-12(16)9-11/h6-9,16H,5,10H2,1-4H3. The van der Waals surface area contributed by atoms with Crippen molar-refractivity contribution in [3.05, 3.63) is 24.3 Å². The van der Waals surface area contributed by atoms with Gasteiger partial charge in [0, 0.05) is 24.8 Å². The van der Waals surface area contributed by atoms with Gasteiger partial charge in [0.1, 0.15) is 5.75 Å². The third kappa shape index (κ3) is 3.39. The minimum Gasteiger partial charge on any atom is -0.508 e. The number of anilines is 1. The molecular weight excluding hydrogens is 230 g/mol. The molecule has 1 aromatic rings. The summed E-state index contributed by atoms with van der Waals surface area (Å²) in [4.78, 5) is 13.7. The molecule has 0 aliphatic heterocycles. The molecule has 0 aliphatic rings. The Labute approximate surface area is 108 Å². The van der Waals surface area contributed by atoms with Crippen LogP contribution in [0.2, 0.25) is 0 Å². The first-order valence-corrected chi connectivity index (χ1v) is 6.03. The molecule has 0 saturated carbocycles. The lowest BCUT2D eigenvalue weighted by molar-refractivity contribution is -0.150. The predicted molar refractivity (Wildman–Crippen MR) is 71.8 cm³/mol. The summed E-state index contributed by atoms with van der Waals surface area (Å²) >= 11 is 0. The molecule has 0 atom stereocenters. The lowest BCUT2D eigenvalue weighted by Gasteiger charge is -2.31. The van der Waals surface area contributed by atoms with E-state index in [9.17, 15) is 9.90 Å². The van der Waals surface area contributed by atoms with Crippen LogP contribution in [0.1, 0.15) is 20.8 Å². The highest BCUT2D eigenvalue weighted by atomic mass is 16.5. The van der Waals surface area contributed by atoms with E-state index in [4.69, 9.17) is 4.74 Å². The van der Waals surface area contributed by atoms with E-state index in [0.717, 1.165) is 12.2 Å². The summed E-state index contributed by atoms with van der Waals surface area (Å²) in [7, 11) is 1.40. The molecule has 4 heteroatoms. The summed E-state index contributed by atoms with van der Waals surface area (Å²) in [6.07, 6.45) is 0. The van der Waals surface area contributed by atoms with E-state index >= 15 is 0 Å². The number of hydrogen-bond acceptors (Lipinski definition) is 4. The van der Waals surface area contributed by atoms with Crippen molar-refractivity contribution in [2.45, 2.75) is 20.8 Å². The van der Waals surface area contributed by atoms with Crippen LogP contribution >= 0.6 is 0 Å². The molecule has 0 unspecified atom stereocenters. The molecule has 0 aromatic heterocycles. The quantitative estimate of drug-likeness (QED) is 0.816. The Bertz CT molecular complexity index is 415. The minimum absolute atomic E-state index is 0.224. The average molecular weight is 251 g/mol. The van der Waals surface area contributed by atoms with Gasteiger partial charge in [-0.2, -0.15) is 0 Å². The van der Waals surface area contributed by atoms with Crippen molar-refractivity contribution in [2.75, 3.05) is 25.1 Å². The Morgan fingerprint density at radius 1 is 1.44 bits per heavy atom. The van der Waals surface area contributed by atoms with E-state index in [-0.39, 0.29) is 11.7 Å². The van der Waals surface area contributed by atoms with Crippen LogP contribution in [0, 0.1) is 5.41 Å². The molecule has 0 radical (unpaired) electrons. The van der Waals surface area contributed by atoms with Crippen LogP contribution in [0.5, 0.6) is 5.75 Å². The van der Waals surface area contributed by atoms with Crippen molar-refractivity contribution in [1.29, 1.82) is 0 Å². The molecule has 0 amide bonds. The number of rotatable bonds is 5. The summed E-state index contributed by atoms with van der Waals surface area (Å²) in [6.45, 7) is 7.01. The van der Waals surface area contributed by atoms with Crippen LogP contribution in [0.15, 0.2) is 24.3 Å². The molecule has 1 aromatic carbocycles. The second-order valence-corrected chi connectivity index (χ2v) is 4.91. The highest BCUT2D eigenvalue weighted by molar-refractivity contribution is 5.76. The van der Waals surface area contributed by atoms with Gasteiger partial charge in [-0.25, -0.2) is 0 Å². The summed E-state index contributed by atoms with van der Waals surface area (Å²) in [6, 6.07) is 7.02. The Kier molecular flexibility index (Phi) is 4.59. The van der Waals surface area contributed by atoms with Gasteiger partial charge < -0.3 is 14.7 Å². The van der Waals surface area contributed by atoms with E-state index in [1.54, 1.807) is 18.2 Å². The highest BCUT2D eigenvalue weighted by Gasteiger charge is 2.31. The Morgan fingerprint density at radius 3 is 2.61 bits per heavy atom. The maximum Gasteiger partial charge on any atom is 0.313 e. The second-order valence-electron chi connectivity index (χ2n) is 4.91. The van der Waals surface area contributed by atoms with Crippen molar-refractivity contribution in [3.8, 4) is 5.75 Å². The number of benzene rings is 1. The second kappa shape index (κ2) is 5.76. The van der Waals surface area contributed by atoms with Gasteiger partial charge in [-0.3, -0.25) is 4.79 Å². The van der Waals surface area contributed by atoms with Crippen molar-refractivity contribution < 1.29 is 14.6 Å². The SMILES string of the molecule is CCN(CC(C)(C)C(=O)OC)c1cccc(O)c1. The van der Waals surface area contributed by atoms with Gasteiger partial charge in [-0.05, 0) is 32.9 Å². The topological polar surface area (TPSA) is 49.8 Å². The number of carbonyl (C=O) groups excluding carboxylic acids is 1. The summed E-state index contributed by atoms with van der Waals surface area (Å²) in [5, 5.41) is 9.49. The van der Waals surface area contributed by atoms with Gasteiger partial charge >= 0.3 is 5.97 Å². The number of ether oxygens (including phenoxy) is 1. The highest BCUT2D eigenvalue weighted by Crippen LogP contribution is 2.25. The Hall–Kier alpha value is -1.71. The van der Waals surface area contributed by atoms with Gasteiger partial charge in [0.25, 0.3) is 0 Å². The number of nitrogens with zero attached hydrogens (tertiary/aromatic N) is 1. The fourth-order valence-electron chi connectivity index (χ4n) is 1.89. The van der Waals surface area contributed by atoms with E-state index in [0.29, 0.717) is 6.54 Å². The molecule has 100 valence electrons. The van der Waals surface area contributed by atoms with E-state index in [1.165, 1.54) is 7.11 Å². The number of esters is 1. The van der Waals surface area contributed by atoms with E-state index in [1.807, 2.05) is 31.7 Å². The van der Waals surface area contributed by atoms with Crippen molar-refractivity contribution in [2.24, 2.45) is 5.41 Å². The van der Waals surface area contributed by atoms with Crippen LogP contribution < -0.4 is 4.90 Å². The van der Waals surface area contributed by atoms with Crippen LogP contribution in [-0.4, -0.2) is 31.3 Å². The Morgan fingerprint density at radius 2 is 2.11 bits per heavy atom. The predicted octanol–water partition coefficient (Wildman–Crippen LogP) is 2.42. The minimum atomic E-state index is -0.587. The first kappa shape index (κ1) is 14.4. The molecule has 0 aliphatic carbocycles. The molecular formula is C14H21NO3. The summed E-state index contributed by atoms with van der Waals surface area (Å²) in [5.74, 6) is -0.0112. The van der Waals surface area contributed by atoms with Gasteiger partial charge in [0.05, 0.1) is 12.5 Å². The number of phenols is 1. The molecule has 0 spiro atoms. The van der Waals surface area contributed by atoms with Crippen molar-refractivity contribution in [1.82, 2.24) is 0 Å². The number of phenolic OH excluding ortho intramolecular Hbond substituents is 1. The molecule has 0 heterocycles. The summed E-state index contributed by atoms with van der Waals surface area (Å²) < 4.78 is 4.81. The maximum atomic E-state index is 11.7. The zero-order chi connectivity index (χ0) is 13.8. The number of aromatic hydroxyl groups is 1. The first-order chi connectivity index (χ1) is 8.40. The maximum absolute atomic E-state index is 11.7. The zero-order valence-electron chi connectivity index (χ0n) is 11.4. The molecule has 1 rings (SSSR count). The van der Waals surface area contributed by atoms with Crippen LogP contribution in [0.25, 0.3) is 0 Å². The van der Waals surface area contributed by atoms with E-state index < -0.39 is 5.41 Å². The van der Waals surface area contributed by atoms with Crippen LogP contribution in [-0.2, 0) is 9.53 Å². The van der Waals surface area contributed by atoms with Crippen LogP contribution in [0.3, 0.4) is 0 Å².